The van der Waals surface area contributed by atoms with E-state index < -0.39 is 11.4 Å². The van der Waals surface area contributed by atoms with Crippen LogP contribution in [-0.2, 0) is 10.2 Å². The summed E-state index contributed by atoms with van der Waals surface area (Å²) in [5.41, 5.74) is 4.03. The second-order valence-corrected chi connectivity index (χ2v) is 7.84. The van der Waals surface area contributed by atoms with Crippen LogP contribution >= 0.6 is 0 Å². The van der Waals surface area contributed by atoms with Gasteiger partial charge in [0.05, 0.1) is 0 Å². The lowest BCUT2D eigenvalue weighted by Crippen LogP contribution is -2.34. The van der Waals surface area contributed by atoms with Crippen molar-refractivity contribution in [3.63, 3.8) is 0 Å². The molecule has 3 rings (SSSR count). The molecule has 0 bridgehead atoms. The van der Waals surface area contributed by atoms with Crippen molar-refractivity contribution in [2.45, 2.75) is 46.0 Å². The summed E-state index contributed by atoms with van der Waals surface area (Å²) < 4.78 is 0. The molecular formula is C24H32N2O2. The zero-order valence-corrected chi connectivity index (χ0v) is 17.5. The van der Waals surface area contributed by atoms with Crippen LogP contribution in [0.2, 0.25) is 0 Å². The highest BCUT2D eigenvalue weighted by Crippen LogP contribution is 2.36. The van der Waals surface area contributed by atoms with Crippen molar-refractivity contribution in [2.75, 3.05) is 36.0 Å². The Hall–Kier alpha value is -2.49. The van der Waals surface area contributed by atoms with Gasteiger partial charge < -0.3 is 14.9 Å². The van der Waals surface area contributed by atoms with E-state index in [1.807, 2.05) is 31.2 Å². The predicted octanol–water partition coefficient (Wildman–Crippen LogP) is 4.83. The van der Waals surface area contributed by atoms with Crippen LogP contribution in [0.25, 0.3) is 0 Å². The van der Waals surface area contributed by atoms with E-state index in [4.69, 9.17) is 0 Å². The lowest BCUT2D eigenvalue weighted by atomic mass is 9.75. The number of rotatable bonds is 7. The largest absolute Gasteiger partial charge is 0.480 e. The first-order valence-corrected chi connectivity index (χ1v) is 10.4. The molecule has 1 aliphatic heterocycles. The van der Waals surface area contributed by atoms with Gasteiger partial charge in [-0.2, -0.15) is 0 Å². The van der Waals surface area contributed by atoms with Crippen LogP contribution in [0, 0.1) is 6.92 Å². The fourth-order valence-electron chi connectivity index (χ4n) is 4.28. The second-order valence-electron chi connectivity index (χ2n) is 7.84. The molecule has 0 amide bonds. The van der Waals surface area contributed by atoms with Gasteiger partial charge in [0.25, 0.3) is 0 Å². The van der Waals surface area contributed by atoms with Crippen molar-refractivity contribution in [3.8, 4) is 0 Å². The van der Waals surface area contributed by atoms with E-state index in [1.165, 1.54) is 24.2 Å². The molecule has 0 aromatic heterocycles. The molecule has 0 aliphatic carbocycles. The minimum atomic E-state index is -1.07. The number of aliphatic carboxylic acids is 1. The van der Waals surface area contributed by atoms with Crippen LogP contribution < -0.4 is 9.80 Å². The van der Waals surface area contributed by atoms with Gasteiger partial charge in [-0.3, -0.25) is 4.79 Å². The van der Waals surface area contributed by atoms with Crippen LogP contribution in [0.4, 0.5) is 11.4 Å². The maximum Gasteiger partial charge on any atom is 0.318 e. The van der Waals surface area contributed by atoms with Gasteiger partial charge >= 0.3 is 5.97 Å². The SMILES string of the molecule is CCN(CC)c1ccc(C(C)(C(=O)O)c2ccc(N3CCCC3)cc2)cc1C. The molecule has 1 aliphatic rings. The summed E-state index contributed by atoms with van der Waals surface area (Å²) in [5, 5.41) is 10.2. The number of carboxylic acids is 1. The lowest BCUT2D eigenvalue weighted by molar-refractivity contribution is -0.141. The van der Waals surface area contributed by atoms with Gasteiger partial charge in [-0.15, -0.1) is 0 Å². The minimum absolute atomic E-state index is 0.818. The molecule has 0 radical (unpaired) electrons. The van der Waals surface area contributed by atoms with Gasteiger partial charge in [-0.25, -0.2) is 0 Å². The Balaban J connectivity index is 1.97. The third-order valence-corrected chi connectivity index (χ3v) is 6.22. The fourth-order valence-corrected chi connectivity index (χ4v) is 4.28. The third-order valence-electron chi connectivity index (χ3n) is 6.22. The number of hydrogen-bond acceptors (Lipinski definition) is 3. The van der Waals surface area contributed by atoms with Gasteiger partial charge in [0.1, 0.15) is 5.41 Å². The number of aryl methyl sites for hydroxylation is 1. The van der Waals surface area contributed by atoms with Crippen molar-refractivity contribution < 1.29 is 9.90 Å². The van der Waals surface area contributed by atoms with Gasteiger partial charge in [-0.1, -0.05) is 24.3 Å². The fraction of sp³-hybridized carbons (Fsp3) is 0.458. The Kier molecular flexibility index (Phi) is 5.97. The van der Waals surface area contributed by atoms with Gasteiger partial charge in [0.2, 0.25) is 0 Å². The summed E-state index contributed by atoms with van der Waals surface area (Å²) in [6.07, 6.45) is 2.46. The number of hydrogen-bond donors (Lipinski definition) is 1. The zero-order chi connectivity index (χ0) is 20.3. The summed E-state index contributed by atoms with van der Waals surface area (Å²) in [4.78, 5) is 17.0. The maximum atomic E-state index is 12.4. The molecule has 28 heavy (non-hydrogen) atoms. The number of nitrogens with zero attached hydrogens (tertiary/aromatic N) is 2. The van der Waals surface area contributed by atoms with Crippen molar-refractivity contribution in [2.24, 2.45) is 0 Å². The van der Waals surface area contributed by atoms with Crippen LogP contribution in [0.3, 0.4) is 0 Å². The second kappa shape index (κ2) is 8.26. The molecule has 0 spiro atoms. The third kappa shape index (κ3) is 3.60. The number of carbonyl (C=O) groups is 1. The Labute approximate surface area is 168 Å². The van der Waals surface area contributed by atoms with Gasteiger partial charge in [-0.05, 0) is 75.4 Å². The van der Waals surface area contributed by atoms with E-state index >= 15 is 0 Å². The number of benzene rings is 2. The standard InChI is InChI=1S/C24H32N2O2/c1-5-25(6-2)22-14-11-20(17-18(22)3)24(4,23(27)28)19-9-12-21(13-10-19)26-15-7-8-16-26/h9-14,17H,5-8,15-16H2,1-4H3,(H,27,28). The predicted molar refractivity (Wildman–Crippen MR) is 117 cm³/mol. The summed E-state index contributed by atoms with van der Waals surface area (Å²) >= 11 is 0. The molecule has 4 heteroatoms. The van der Waals surface area contributed by atoms with E-state index in [0.29, 0.717) is 0 Å². The molecule has 2 aromatic rings. The summed E-state index contributed by atoms with van der Waals surface area (Å²) in [6.45, 7) is 12.2. The molecule has 150 valence electrons. The molecule has 0 saturated carbocycles. The Morgan fingerprint density at radius 1 is 1.04 bits per heavy atom. The number of anilines is 2. The topological polar surface area (TPSA) is 43.8 Å². The average molecular weight is 381 g/mol. The first-order valence-electron chi connectivity index (χ1n) is 10.4. The smallest absolute Gasteiger partial charge is 0.318 e. The first-order chi connectivity index (χ1) is 13.4. The average Bonchev–Trinajstić information content (AvgIpc) is 3.24. The van der Waals surface area contributed by atoms with E-state index in [0.717, 1.165) is 42.9 Å². The molecule has 1 heterocycles. The van der Waals surface area contributed by atoms with Crippen LogP contribution in [0.1, 0.15) is 50.3 Å². The normalized spacial score (nSPS) is 16.1. The molecule has 1 fully saturated rings. The van der Waals surface area contributed by atoms with E-state index in [2.05, 4.69) is 48.8 Å². The van der Waals surface area contributed by atoms with Gasteiger partial charge in [0.15, 0.2) is 0 Å². The molecule has 1 atom stereocenters. The maximum absolute atomic E-state index is 12.4. The van der Waals surface area contributed by atoms with E-state index in [1.54, 1.807) is 0 Å². The first kappa shape index (κ1) is 20.2. The highest BCUT2D eigenvalue weighted by atomic mass is 16.4. The van der Waals surface area contributed by atoms with Crippen LogP contribution in [0.15, 0.2) is 42.5 Å². The number of carboxylic acid groups (broad SMARTS) is 1. The summed E-state index contributed by atoms with van der Waals surface area (Å²) in [7, 11) is 0. The van der Waals surface area contributed by atoms with Crippen molar-refractivity contribution in [3.05, 3.63) is 59.2 Å². The van der Waals surface area contributed by atoms with Crippen LogP contribution in [0.5, 0.6) is 0 Å². The molecule has 1 unspecified atom stereocenters. The zero-order valence-electron chi connectivity index (χ0n) is 17.5. The molecular weight excluding hydrogens is 348 g/mol. The highest BCUT2D eigenvalue weighted by molar-refractivity contribution is 5.86. The molecule has 1 saturated heterocycles. The highest BCUT2D eigenvalue weighted by Gasteiger charge is 2.37. The minimum Gasteiger partial charge on any atom is -0.480 e. The quantitative estimate of drug-likeness (QED) is 0.747. The Morgan fingerprint density at radius 2 is 1.61 bits per heavy atom. The Bertz CT molecular complexity index is 821. The summed E-state index contributed by atoms with van der Waals surface area (Å²) in [6, 6.07) is 14.2. The van der Waals surface area contributed by atoms with Crippen molar-refractivity contribution >= 4 is 17.3 Å². The summed E-state index contributed by atoms with van der Waals surface area (Å²) in [5.74, 6) is -0.823. The van der Waals surface area contributed by atoms with Crippen molar-refractivity contribution in [1.82, 2.24) is 0 Å². The Morgan fingerprint density at radius 3 is 2.11 bits per heavy atom. The van der Waals surface area contributed by atoms with E-state index in [9.17, 15) is 9.90 Å². The molecule has 2 aromatic carbocycles. The monoisotopic (exact) mass is 380 g/mol. The molecule has 4 nitrogen and oxygen atoms in total. The van der Waals surface area contributed by atoms with E-state index in [-0.39, 0.29) is 0 Å². The molecule has 1 N–H and O–H groups in total. The lowest BCUT2D eigenvalue weighted by Gasteiger charge is -2.29. The van der Waals surface area contributed by atoms with Crippen molar-refractivity contribution in [1.29, 1.82) is 0 Å². The van der Waals surface area contributed by atoms with Crippen LogP contribution in [-0.4, -0.2) is 37.3 Å². The van der Waals surface area contributed by atoms with Gasteiger partial charge in [0, 0.05) is 37.6 Å².